The van der Waals surface area contributed by atoms with E-state index in [2.05, 4.69) is 49.2 Å². The smallest absolute Gasteiger partial charge is 0.144 e. The summed E-state index contributed by atoms with van der Waals surface area (Å²) in [6, 6.07) is 4.06. The Balaban J connectivity index is 2.10. The Morgan fingerprint density at radius 2 is 2.24 bits per heavy atom. The normalized spacial score (nSPS) is 10.2. The van der Waals surface area contributed by atoms with Crippen molar-refractivity contribution in [1.82, 2.24) is 15.0 Å². The number of pyridine rings is 1. The summed E-state index contributed by atoms with van der Waals surface area (Å²) in [5.74, 6) is 0.785. The molecule has 0 atom stereocenters. The number of rotatable bonds is 4. The Hall–Kier alpha value is -1.49. The van der Waals surface area contributed by atoms with Gasteiger partial charge in [-0.1, -0.05) is 13.0 Å². The SMILES string of the molecule is CCc1cccnc1CNc1ncncc1Br. The minimum absolute atomic E-state index is 0.666. The maximum Gasteiger partial charge on any atom is 0.144 e. The van der Waals surface area contributed by atoms with Crippen LogP contribution in [0.5, 0.6) is 0 Å². The molecule has 2 heterocycles. The average Bonchev–Trinajstić information content (AvgIpc) is 2.38. The van der Waals surface area contributed by atoms with Gasteiger partial charge in [-0.05, 0) is 34.0 Å². The molecule has 0 aromatic carbocycles. The largest absolute Gasteiger partial charge is 0.363 e. The Labute approximate surface area is 109 Å². The minimum Gasteiger partial charge on any atom is -0.363 e. The van der Waals surface area contributed by atoms with Gasteiger partial charge in [0.25, 0.3) is 0 Å². The molecule has 2 aromatic heterocycles. The zero-order valence-electron chi connectivity index (χ0n) is 9.52. The predicted molar refractivity (Wildman–Crippen MR) is 70.7 cm³/mol. The van der Waals surface area contributed by atoms with Gasteiger partial charge >= 0.3 is 0 Å². The quantitative estimate of drug-likeness (QED) is 0.941. The van der Waals surface area contributed by atoms with Gasteiger partial charge in [-0.25, -0.2) is 9.97 Å². The second-order valence-corrected chi connectivity index (χ2v) is 4.39. The Morgan fingerprint density at radius 1 is 1.35 bits per heavy atom. The lowest BCUT2D eigenvalue weighted by Crippen LogP contribution is -2.06. The lowest BCUT2D eigenvalue weighted by atomic mass is 10.1. The van der Waals surface area contributed by atoms with E-state index in [9.17, 15) is 0 Å². The number of nitrogens with zero attached hydrogens (tertiary/aromatic N) is 3. The summed E-state index contributed by atoms with van der Waals surface area (Å²) >= 11 is 3.40. The van der Waals surface area contributed by atoms with E-state index < -0.39 is 0 Å². The monoisotopic (exact) mass is 292 g/mol. The summed E-state index contributed by atoms with van der Waals surface area (Å²) in [7, 11) is 0. The molecule has 0 amide bonds. The molecule has 0 aliphatic rings. The summed E-state index contributed by atoms with van der Waals surface area (Å²) in [5, 5.41) is 3.24. The number of aromatic nitrogens is 3. The molecule has 17 heavy (non-hydrogen) atoms. The van der Waals surface area contributed by atoms with Crippen LogP contribution in [0.1, 0.15) is 18.2 Å². The van der Waals surface area contributed by atoms with Crippen molar-refractivity contribution < 1.29 is 0 Å². The highest BCUT2D eigenvalue weighted by Crippen LogP contribution is 2.18. The van der Waals surface area contributed by atoms with Crippen LogP contribution in [-0.4, -0.2) is 15.0 Å². The van der Waals surface area contributed by atoms with Crippen molar-refractivity contribution in [1.29, 1.82) is 0 Å². The van der Waals surface area contributed by atoms with E-state index in [1.165, 1.54) is 11.9 Å². The molecule has 0 bridgehead atoms. The molecule has 0 aliphatic carbocycles. The molecule has 88 valence electrons. The van der Waals surface area contributed by atoms with Crippen molar-refractivity contribution in [3.8, 4) is 0 Å². The van der Waals surface area contributed by atoms with Crippen molar-refractivity contribution in [2.75, 3.05) is 5.32 Å². The third kappa shape index (κ3) is 3.00. The van der Waals surface area contributed by atoms with Crippen LogP contribution in [0.3, 0.4) is 0 Å². The van der Waals surface area contributed by atoms with Crippen LogP contribution in [0.15, 0.2) is 35.3 Å². The molecule has 0 saturated carbocycles. The molecular formula is C12H13BrN4. The summed E-state index contributed by atoms with van der Waals surface area (Å²) in [5.41, 5.74) is 2.31. The maximum absolute atomic E-state index is 4.37. The van der Waals surface area contributed by atoms with Crippen molar-refractivity contribution in [3.63, 3.8) is 0 Å². The number of hydrogen-bond acceptors (Lipinski definition) is 4. The minimum atomic E-state index is 0.666. The Morgan fingerprint density at radius 3 is 3.00 bits per heavy atom. The van der Waals surface area contributed by atoms with Crippen LogP contribution < -0.4 is 5.32 Å². The number of hydrogen-bond donors (Lipinski definition) is 1. The zero-order chi connectivity index (χ0) is 12.1. The fraction of sp³-hybridized carbons (Fsp3) is 0.250. The first-order valence-corrected chi connectivity index (χ1v) is 6.22. The van der Waals surface area contributed by atoms with Crippen LogP contribution >= 0.6 is 15.9 Å². The Kier molecular flexibility index (Phi) is 4.03. The van der Waals surface area contributed by atoms with Gasteiger partial charge < -0.3 is 5.32 Å². The van der Waals surface area contributed by atoms with Gasteiger partial charge in [0, 0.05) is 12.4 Å². The van der Waals surface area contributed by atoms with E-state index >= 15 is 0 Å². The summed E-state index contributed by atoms with van der Waals surface area (Å²) < 4.78 is 0.856. The molecule has 2 aromatic rings. The molecule has 4 nitrogen and oxygen atoms in total. The van der Waals surface area contributed by atoms with Gasteiger partial charge in [-0.3, -0.25) is 4.98 Å². The first-order chi connectivity index (χ1) is 8.31. The van der Waals surface area contributed by atoms with Crippen LogP contribution in [0.25, 0.3) is 0 Å². The fourth-order valence-electron chi connectivity index (χ4n) is 1.56. The lowest BCUT2D eigenvalue weighted by molar-refractivity contribution is 0.959. The van der Waals surface area contributed by atoms with E-state index in [1.54, 1.807) is 6.20 Å². The standard InChI is InChI=1S/C12H13BrN4/c1-2-9-4-3-5-15-11(9)7-16-12-10(13)6-14-8-17-12/h3-6,8H,2,7H2,1H3,(H,14,16,17). The number of halogens is 1. The van der Waals surface area contributed by atoms with Gasteiger partial charge in [-0.15, -0.1) is 0 Å². The van der Waals surface area contributed by atoms with E-state index in [4.69, 9.17) is 0 Å². The average molecular weight is 293 g/mol. The number of nitrogens with one attached hydrogen (secondary N) is 1. The molecule has 0 aliphatic heterocycles. The van der Waals surface area contributed by atoms with Crippen LogP contribution in [0.2, 0.25) is 0 Å². The first kappa shape index (κ1) is 12.0. The third-order valence-electron chi connectivity index (χ3n) is 2.46. The molecule has 0 unspecified atom stereocenters. The fourth-order valence-corrected chi connectivity index (χ4v) is 1.92. The van der Waals surface area contributed by atoms with Crippen molar-refractivity contribution >= 4 is 21.7 Å². The van der Waals surface area contributed by atoms with Gasteiger partial charge in [0.1, 0.15) is 12.1 Å². The zero-order valence-corrected chi connectivity index (χ0v) is 11.1. The van der Waals surface area contributed by atoms with E-state index in [1.807, 2.05) is 12.3 Å². The van der Waals surface area contributed by atoms with E-state index in [0.717, 1.165) is 22.4 Å². The van der Waals surface area contributed by atoms with Gasteiger partial charge in [0.05, 0.1) is 16.7 Å². The molecule has 5 heteroatoms. The molecular weight excluding hydrogens is 280 g/mol. The van der Waals surface area contributed by atoms with E-state index in [0.29, 0.717) is 6.54 Å². The third-order valence-corrected chi connectivity index (χ3v) is 3.04. The van der Waals surface area contributed by atoms with E-state index in [-0.39, 0.29) is 0 Å². The summed E-state index contributed by atoms with van der Waals surface area (Å²) in [4.78, 5) is 12.4. The van der Waals surface area contributed by atoms with Crippen LogP contribution in [0, 0.1) is 0 Å². The van der Waals surface area contributed by atoms with Gasteiger partial charge in [0.15, 0.2) is 0 Å². The molecule has 0 radical (unpaired) electrons. The molecule has 1 N–H and O–H groups in total. The van der Waals surface area contributed by atoms with Crippen LogP contribution in [-0.2, 0) is 13.0 Å². The first-order valence-electron chi connectivity index (χ1n) is 5.43. The van der Waals surface area contributed by atoms with Gasteiger partial charge in [0.2, 0.25) is 0 Å². The second kappa shape index (κ2) is 5.72. The van der Waals surface area contributed by atoms with Crippen molar-refractivity contribution in [2.45, 2.75) is 19.9 Å². The summed E-state index contributed by atoms with van der Waals surface area (Å²) in [6.07, 6.45) is 6.03. The van der Waals surface area contributed by atoms with Crippen LogP contribution in [0.4, 0.5) is 5.82 Å². The predicted octanol–water partition coefficient (Wildman–Crippen LogP) is 2.81. The molecule has 0 saturated heterocycles. The topological polar surface area (TPSA) is 50.7 Å². The Bertz CT molecular complexity index is 501. The molecule has 0 spiro atoms. The molecule has 2 rings (SSSR count). The van der Waals surface area contributed by atoms with Crippen molar-refractivity contribution in [3.05, 3.63) is 46.6 Å². The highest BCUT2D eigenvalue weighted by atomic mass is 79.9. The second-order valence-electron chi connectivity index (χ2n) is 3.54. The van der Waals surface area contributed by atoms with Crippen molar-refractivity contribution in [2.24, 2.45) is 0 Å². The number of anilines is 1. The highest BCUT2D eigenvalue weighted by Gasteiger charge is 2.04. The number of aryl methyl sites for hydroxylation is 1. The molecule has 0 fully saturated rings. The van der Waals surface area contributed by atoms with Gasteiger partial charge in [-0.2, -0.15) is 0 Å². The highest BCUT2D eigenvalue weighted by molar-refractivity contribution is 9.10. The lowest BCUT2D eigenvalue weighted by Gasteiger charge is -2.09. The maximum atomic E-state index is 4.37. The summed E-state index contributed by atoms with van der Waals surface area (Å²) in [6.45, 7) is 2.79.